The number of benzene rings is 3. The molecule has 56 heavy (non-hydrogen) atoms. The Kier molecular flexibility index (Phi) is 13.9. The topological polar surface area (TPSA) is 163 Å². The molecule has 4 bridgehead atoms. The Balaban J connectivity index is 1.39. The molecule has 3 aromatic rings. The lowest BCUT2D eigenvalue weighted by molar-refractivity contribution is -0.160. The number of fused-ring (bicyclic) bond motifs is 2. The van der Waals surface area contributed by atoms with E-state index in [1.54, 1.807) is 79.6 Å². The van der Waals surface area contributed by atoms with Crippen LogP contribution in [0.2, 0.25) is 0 Å². The molecule has 3 unspecified atom stereocenters. The van der Waals surface area contributed by atoms with Gasteiger partial charge in [-0.2, -0.15) is 0 Å². The quantitative estimate of drug-likeness (QED) is 0.272. The van der Waals surface area contributed by atoms with Crippen LogP contribution in [0.25, 0.3) is 0 Å². The van der Waals surface area contributed by atoms with Crippen molar-refractivity contribution in [1.82, 2.24) is 20.9 Å². The lowest BCUT2D eigenvalue weighted by Gasteiger charge is -2.35. The molecule has 0 spiro atoms. The standard InChI is InChI=1S/C44H56N4O8/c1-27-22-37(49)28(2)39(50)45-25-30-9-15-32(16-10-30)40(51)47-35(24-29-13-19-34(55-6)20-14-29)41(52)46-26-31-11-17-33(18-12-31)42(53)48-21-7-8-36(48)43(54)56-38(23-27)44(3,4)5/h9-20,27-28,35-38,49H,7-8,21-26H2,1-6H3,(H,45,50)(H,46,52)(H,47,51)/t27?,28-,35?,36?,37+,38+/m1/s1. The van der Waals surface area contributed by atoms with Gasteiger partial charge >= 0.3 is 5.97 Å². The second-order valence-electron chi connectivity index (χ2n) is 16.3. The predicted octanol–water partition coefficient (Wildman–Crippen LogP) is 4.96. The van der Waals surface area contributed by atoms with Crippen molar-refractivity contribution in [3.63, 3.8) is 0 Å². The molecule has 1 saturated heterocycles. The second kappa shape index (κ2) is 18.6. The molecule has 3 aromatic carbocycles. The van der Waals surface area contributed by atoms with Crippen LogP contribution in [-0.2, 0) is 38.6 Å². The van der Waals surface area contributed by atoms with Gasteiger partial charge in [-0.1, -0.05) is 71.0 Å². The summed E-state index contributed by atoms with van der Waals surface area (Å²) in [5.41, 5.74) is 2.67. The van der Waals surface area contributed by atoms with Crippen molar-refractivity contribution in [1.29, 1.82) is 0 Å². The van der Waals surface area contributed by atoms with Crippen molar-refractivity contribution >= 4 is 29.6 Å². The van der Waals surface area contributed by atoms with Crippen LogP contribution in [0, 0.1) is 17.3 Å². The zero-order valence-electron chi connectivity index (χ0n) is 33.3. The van der Waals surface area contributed by atoms with E-state index < -0.39 is 47.5 Å². The van der Waals surface area contributed by atoms with E-state index in [2.05, 4.69) is 16.0 Å². The largest absolute Gasteiger partial charge is 0.497 e. The van der Waals surface area contributed by atoms with Gasteiger partial charge < -0.3 is 35.4 Å². The van der Waals surface area contributed by atoms with E-state index in [0.29, 0.717) is 49.1 Å². The Hall–Kier alpha value is -5.23. The molecule has 4 aliphatic heterocycles. The minimum Gasteiger partial charge on any atom is -0.497 e. The molecule has 0 saturated carbocycles. The number of carbonyl (C=O) groups is 5. The number of ether oxygens (including phenoxy) is 2. The number of amides is 4. The van der Waals surface area contributed by atoms with Gasteiger partial charge in [0.15, 0.2) is 0 Å². The molecular weight excluding hydrogens is 713 g/mol. The first kappa shape index (κ1) is 41.9. The minimum absolute atomic E-state index is 0.0803. The minimum atomic E-state index is -0.934. The maximum atomic E-state index is 13.7. The van der Waals surface area contributed by atoms with E-state index in [-0.39, 0.29) is 43.1 Å². The SMILES string of the molecule is COc1ccc(CC2NC(=O)c3ccc(cc3)CNC(=O)[C@H](C)[C@@H](O)CC(C)C[C@@H](C(C)(C)C)OC(=O)C3CCCN3C(=O)c3ccc(cc3)CNC2=O)cc1. The van der Waals surface area contributed by atoms with E-state index in [0.717, 1.165) is 16.7 Å². The highest BCUT2D eigenvalue weighted by Gasteiger charge is 2.39. The van der Waals surface area contributed by atoms with E-state index in [4.69, 9.17) is 9.47 Å². The first-order valence-corrected chi connectivity index (χ1v) is 19.5. The summed E-state index contributed by atoms with van der Waals surface area (Å²) in [7, 11) is 1.57. The Bertz CT molecular complexity index is 1840. The summed E-state index contributed by atoms with van der Waals surface area (Å²) in [4.78, 5) is 69.2. The molecule has 4 N–H and O–H groups in total. The molecule has 0 aromatic heterocycles. The number of hydrogen-bond donors (Lipinski definition) is 4. The summed E-state index contributed by atoms with van der Waals surface area (Å²) in [6.07, 6.45) is 0.753. The Morgan fingerprint density at radius 3 is 1.98 bits per heavy atom. The van der Waals surface area contributed by atoms with Crippen LogP contribution in [-0.4, -0.2) is 77.6 Å². The first-order valence-electron chi connectivity index (χ1n) is 19.5. The molecule has 12 heteroatoms. The lowest BCUT2D eigenvalue weighted by atomic mass is 9.81. The lowest BCUT2D eigenvalue weighted by Crippen LogP contribution is -2.47. The number of nitrogens with zero attached hydrogens (tertiary/aromatic N) is 1. The Morgan fingerprint density at radius 2 is 1.39 bits per heavy atom. The fraction of sp³-hybridized carbons (Fsp3) is 0.477. The van der Waals surface area contributed by atoms with Gasteiger partial charge in [-0.05, 0) is 90.1 Å². The van der Waals surface area contributed by atoms with Gasteiger partial charge in [0, 0.05) is 37.2 Å². The molecule has 0 radical (unpaired) electrons. The Labute approximate surface area is 329 Å². The highest BCUT2D eigenvalue weighted by Crippen LogP contribution is 2.32. The van der Waals surface area contributed by atoms with Gasteiger partial charge in [-0.25, -0.2) is 4.79 Å². The summed E-state index contributed by atoms with van der Waals surface area (Å²) < 4.78 is 11.4. The molecule has 1 fully saturated rings. The van der Waals surface area contributed by atoms with Crippen LogP contribution in [0.4, 0.5) is 0 Å². The second-order valence-corrected chi connectivity index (χ2v) is 16.3. The van der Waals surface area contributed by atoms with Gasteiger partial charge in [0.25, 0.3) is 11.8 Å². The normalized spacial score (nSPS) is 25.0. The first-order chi connectivity index (χ1) is 26.6. The number of carbonyl (C=O) groups excluding carboxylic acids is 5. The summed E-state index contributed by atoms with van der Waals surface area (Å²) in [5.74, 6) is -1.98. The highest BCUT2D eigenvalue weighted by atomic mass is 16.5. The van der Waals surface area contributed by atoms with Crippen molar-refractivity contribution in [2.24, 2.45) is 17.3 Å². The molecule has 12 nitrogen and oxygen atoms in total. The third-order valence-electron chi connectivity index (χ3n) is 10.8. The number of hydrogen-bond acceptors (Lipinski definition) is 8. The van der Waals surface area contributed by atoms with Gasteiger partial charge in [-0.3, -0.25) is 19.2 Å². The van der Waals surface area contributed by atoms with Crippen molar-refractivity contribution in [2.75, 3.05) is 13.7 Å². The highest BCUT2D eigenvalue weighted by molar-refractivity contribution is 5.98. The van der Waals surface area contributed by atoms with Gasteiger partial charge in [0.2, 0.25) is 11.8 Å². The molecule has 4 aliphatic rings. The maximum absolute atomic E-state index is 13.7. The number of aliphatic hydroxyl groups is 1. The molecule has 0 aliphatic carbocycles. The molecule has 7 rings (SSSR count). The van der Waals surface area contributed by atoms with Gasteiger partial charge in [0.1, 0.15) is 23.9 Å². The molecule has 4 heterocycles. The van der Waals surface area contributed by atoms with Crippen LogP contribution in [0.5, 0.6) is 5.75 Å². The molecule has 300 valence electrons. The zero-order chi connectivity index (χ0) is 40.6. The number of aliphatic hydroxyl groups excluding tert-OH is 1. The van der Waals surface area contributed by atoms with Crippen LogP contribution in [0.1, 0.15) is 97.7 Å². The molecule has 4 amide bonds. The summed E-state index contributed by atoms with van der Waals surface area (Å²) in [5, 5.41) is 19.8. The van der Waals surface area contributed by atoms with E-state index in [1.807, 2.05) is 39.8 Å². The summed E-state index contributed by atoms with van der Waals surface area (Å²) >= 11 is 0. The average molecular weight is 769 g/mol. The van der Waals surface area contributed by atoms with Crippen LogP contribution >= 0.6 is 0 Å². The summed E-state index contributed by atoms with van der Waals surface area (Å²) in [6.45, 7) is 10.4. The van der Waals surface area contributed by atoms with Crippen molar-refractivity contribution in [2.45, 2.75) is 104 Å². The van der Waals surface area contributed by atoms with Crippen LogP contribution in [0.3, 0.4) is 0 Å². The number of methoxy groups -OCH3 is 1. The van der Waals surface area contributed by atoms with Crippen LogP contribution < -0.4 is 20.7 Å². The monoisotopic (exact) mass is 768 g/mol. The third kappa shape index (κ3) is 11.0. The Morgan fingerprint density at radius 1 is 0.804 bits per heavy atom. The fourth-order valence-corrected chi connectivity index (χ4v) is 7.12. The van der Waals surface area contributed by atoms with Gasteiger partial charge in [0.05, 0.1) is 19.1 Å². The number of rotatable bonds is 3. The zero-order valence-corrected chi connectivity index (χ0v) is 33.3. The van der Waals surface area contributed by atoms with Crippen molar-refractivity contribution in [3.05, 3.63) is 101 Å². The maximum Gasteiger partial charge on any atom is 0.329 e. The van der Waals surface area contributed by atoms with Crippen molar-refractivity contribution in [3.8, 4) is 5.75 Å². The fourth-order valence-electron chi connectivity index (χ4n) is 7.12. The smallest absolute Gasteiger partial charge is 0.329 e. The third-order valence-corrected chi connectivity index (χ3v) is 10.8. The van der Waals surface area contributed by atoms with E-state index in [9.17, 15) is 29.1 Å². The summed E-state index contributed by atoms with van der Waals surface area (Å²) in [6, 6.07) is 19.3. The molecule has 6 atom stereocenters. The van der Waals surface area contributed by atoms with E-state index in [1.165, 1.54) is 0 Å². The predicted molar refractivity (Wildman–Crippen MR) is 211 cm³/mol. The van der Waals surface area contributed by atoms with Crippen molar-refractivity contribution < 1.29 is 38.6 Å². The molecular formula is C44H56N4O8. The van der Waals surface area contributed by atoms with Gasteiger partial charge in [-0.15, -0.1) is 0 Å². The average Bonchev–Trinajstić information content (AvgIpc) is 3.68. The number of nitrogens with one attached hydrogen (secondary N) is 3. The van der Waals surface area contributed by atoms with Crippen LogP contribution in [0.15, 0.2) is 72.8 Å². The van der Waals surface area contributed by atoms with E-state index >= 15 is 0 Å². The number of esters is 1.